The van der Waals surface area contributed by atoms with E-state index < -0.39 is 16.0 Å². The number of sulfonamides is 1. The minimum Gasteiger partial charge on any atom is -0.497 e. The van der Waals surface area contributed by atoms with Gasteiger partial charge in [0.05, 0.1) is 18.4 Å². The van der Waals surface area contributed by atoms with Gasteiger partial charge in [0, 0.05) is 17.3 Å². The van der Waals surface area contributed by atoms with E-state index in [-0.39, 0.29) is 24.5 Å². The molecule has 168 valence electrons. The number of anilines is 1. The van der Waals surface area contributed by atoms with Gasteiger partial charge in [0.25, 0.3) is 10.0 Å². The van der Waals surface area contributed by atoms with Gasteiger partial charge in [-0.2, -0.15) is 0 Å². The largest absolute Gasteiger partial charge is 0.497 e. The lowest BCUT2D eigenvalue weighted by atomic mass is 10.1. The predicted molar refractivity (Wildman–Crippen MR) is 119 cm³/mol. The lowest BCUT2D eigenvalue weighted by Crippen LogP contribution is -2.13. The van der Waals surface area contributed by atoms with E-state index in [2.05, 4.69) is 4.72 Å². The number of methoxy groups -OCH3 is 1. The summed E-state index contributed by atoms with van der Waals surface area (Å²) in [5, 5.41) is 8.96. The Labute approximate surface area is 186 Å². The first-order valence-electron chi connectivity index (χ1n) is 9.69. The fourth-order valence-electron chi connectivity index (χ4n) is 2.87. The van der Waals surface area contributed by atoms with Gasteiger partial charge in [0.15, 0.2) is 0 Å². The molecule has 3 aromatic carbocycles. The van der Waals surface area contributed by atoms with Gasteiger partial charge in [-0.25, -0.2) is 8.42 Å². The van der Waals surface area contributed by atoms with Crippen LogP contribution in [0.5, 0.6) is 17.2 Å². The van der Waals surface area contributed by atoms with Crippen molar-refractivity contribution in [2.24, 2.45) is 0 Å². The highest BCUT2D eigenvalue weighted by Crippen LogP contribution is 2.22. The highest BCUT2D eigenvalue weighted by atomic mass is 32.2. The molecule has 0 radical (unpaired) electrons. The number of hydrogen-bond acceptors (Lipinski definition) is 6. The molecule has 0 aliphatic heterocycles. The molecule has 0 aliphatic carbocycles. The van der Waals surface area contributed by atoms with Crippen LogP contribution >= 0.6 is 0 Å². The van der Waals surface area contributed by atoms with Crippen molar-refractivity contribution in [1.29, 1.82) is 0 Å². The van der Waals surface area contributed by atoms with E-state index in [1.165, 1.54) is 19.2 Å². The molecule has 0 heterocycles. The van der Waals surface area contributed by atoms with Crippen LogP contribution in [0.4, 0.5) is 5.69 Å². The Morgan fingerprint density at radius 3 is 2.34 bits per heavy atom. The highest BCUT2D eigenvalue weighted by molar-refractivity contribution is 7.92. The number of aliphatic carboxylic acids is 1. The Bertz CT molecular complexity index is 1160. The number of hydrogen-bond donors (Lipinski definition) is 2. The zero-order chi connectivity index (χ0) is 23.0. The second-order valence-corrected chi connectivity index (χ2v) is 8.37. The maximum atomic E-state index is 12.5. The number of para-hydroxylation sites is 1. The van der Waals surface area contributed by atoms with E-state index in [0.29, 0.717) is 28.5 Å². The van der Waals surface area contributed by atoms with Crippen LogP contribution in [-0.2, 0) is 21.2 Å². The van der Waals surface area contributed by atoms with Crippen LogP contribution in [-0.4, -0.2) is 39.8 Å². The van der Waals surface area contributed by atoms with Gasteiger partial charge < -0.3 is 19.3 Å². The molecule has 3 aromatic rings. The van der Waals surface area contributed by atoms with E-state index in [9.17, 15) is 13.2 Å². The van der Waals surface area contributed by atoms with Crippen LogP contribution < -0.4 is 18.9 Å². The van der Waals surface area contributed by atoms with E-state index in [1.807, 2.05) is 0 Å². The van der Waals surface area contributed by atoms with Crippen molar-refractivity contribution in [2.75, 3.05) is 25.0 Å². The molecule has 8 nitrogen and oxygen atoms in total. The molecule has 0 amide bonds. The predicted octanol–water partition coefficient (Wildman–Crippen LogP) is 3.58. The first-order valence-corrected chi connectivity index (χ1v) is 11.2. The Morgan fingerprint density at radius 1 is 0.906 bits per heavy atom. The number of carboxylic acids is 1. The lowest BCUT2D eigenvalue weighted by Gasteiger charge is -2.12. The summed E-state index contributed by atoms with van der Waals surface area (Å²) in [6.07, 6.45) is -0.121. The average Bonchev–Trinajstić information content (AvgIpc) is 2.78. The van der Waals surface area contributed by atoms with Crippen LogP contribution in [0.1, 0.15) is 5.56 Å². The summed E-state index contributed by atoms with van der Waals surface area (Å²) < 4.78 is 43.9. The molecule has 32 heavy (non-hydrogen) atoms. The molecular weight excluding hydrogens is 434 g/mol. The topological polar surface area (TPSA) is 111 Å². The van der Waals surface area contributed by atoms with Crippen LogP contribution in [0.25, 0.3) is 0 Å². The van der Waals surface area contributed by atoms with Crippen molar-refractivity contribution >= 4 is 21.7 Å². The summed E-state index contributed by atoms with van der Waals surface area (Å²) in [7, 11) is -2.29. The van der Waals surface area contributed by atoms with Gasteiger partial charge in [-0.05, 0) is 42.5 Å². The van der Waals surface area contributed by atoms with Crippen molar-refractivity contribution in [2.45, 2.75) is 11.3 Å². The van der Waals surface area contributed by atoms with E-state index in [1.54, 1.807) is 60.7 Å². The zero-order valence-electron chi connectivity index (χ0n) is 17.4. The van der Waals surface area contributed by atoms with Gasteiger partial charge in [0.1, 0.15) is 30.5 Å². The normalized spacial score (nSPS) is 10.9. The third kappa shape index (κ3) is 6.39. The van der Waals surface area contributed by atoms with Crippen molar-refractivity contribution in [3.05, 3.63) is 78.4 Å². The zero-order valence-corrected chi connectivity index (χ0v) is 18.2. The summed E-state index contributed by atoms with van der Waals surface area (Å²) in [6, 6.07) is 19.6. The first kappa shape index (κ1) is 23.0. The number of ether oxygens (including phenoxy) is 3. The summed E-state index contributed by atoms with van der Waals surface area (Å²) in [4.78, 5) is 11.0. The van der Waals surface area contributed by atoms with Crippen molar-refractivity contribution in [3.8, 4) is 17.2 Å². The van der Waals surface area contributed by atoms with Gasteiger partial charge in [0.2, 0.25) is 0 Å². The Balaban J connectivity index is 1.52. The molecule has 0 aromatic heterocycles. The summed E-state index contributed by atoms with van der Waals surface area (Å²) >= 11 is 0. The van der Waals surface area contributed by atoms with E-state index >= 15 is 0 Å². The quantitative estimate of drug-likeness (QED) is 0.423. The fourth-order valence-corrected chi connectivity index (χ4v) is 3.96. The third-order valence-corrected chi connectivity index (χ3v) is 5.76. The van der Waals surface area contributed by atoms with Crippen LogP contribution in [0.2, 0.25) is 0 Å². The van der Waals surface area contributed by atoms with E-state index in [4.69, 9.17) is 19.3 Å². The molecule has 9 heteroatoms. The number of carbonyl (C=O) groups is 1. The molecule has 0 aliphatic rings. The first-order chi connectivity index (χ1) is 15.4. The second-order valence-electron chi connectivity index (χ2n) is 6.68. The molecule has 0 bridgehead atoms. The molecule has 0 saturated carbocycles. The summed E-state index contributed by atoms with van der Waals surface area (Å²) in [6.45, 7) is 0.455. The lowest BCUT2D eigenvalue weighted by molar-refractivity contribution is -0.136. The number of carboxylic acid groups (broad SMARTS) is 1. The van der Waals surface area contributed by atoms with Crippen molar-refractivity contribution in [1.82, 2.24) is 0 Å². The molecule has 3 rings (SSSR count). The molecule has 0 fully saturated rings. The molecule has 0 atom stereocenters. The number of nitrogens with one attached hydrogen (secondary N) is 1. The van der Waals surface area contributed by atoms with Crippen LogP contribution in [0, 0.1) is 0 Å². The maximum absolute atomic E-state index is 12.5. The Hall–Kier alpha value is -3.72. The Morgan fingerprint density at radius 2 is 1.62 bits per heavy atom. The molecular formula is C23H23NO7S. The fraction of sp³-hybridized carbons (Fsp3) is 0.174. The minimum atomic E-state index is -3.76. The molecule has 0 spiro atoms. The van der Waals surface area contributed by atoms with Gasteiger partial charge in [-0.15, -0.1) is 0 Å². The van der Waals surface area contributed by atoms with Gasteiger partial charge in [-0.3, -0.25) is 9.52 Å². The molecule has 0 unspecified atom stereocenters. The molecule has 0 saturated heterocycles. The van der Waals surface area contributed by atoms with Crippen LogP contribution in [0.15, 0.2) is 77.7 Å². The second kappa shape index (κ2) is 10.5. The Kier molecular flexibility index (Phi) is 7.56. The van der Waals surface area contributed by atoms with Crippen molar-refractivity contribution < 1.29 is 32.5 Å². The van der Waals surface area contributed by atoms with Gasteiger partial charge >= 0.3 is 5.97 Å². The van der Waals surface area contributed by atoms with Crippen LogP contribution in [0.3, 0.4) is 0 Å². The molecule has 2 N–H and O–H groups in total. The monoisotopic (exact) mass is 457 g/mol. The SMILES string of the molecule is COc1cccc(S(=O)(=O)Nc2ccc(OCCOc3ccccc3CC(=O)O)cc2)c1. The summed E-state index contributed by atoms with van der Waals surface area (Å²) in [5.41, 5.74) is 0.978. The van der Waals surface area contributed by atoms with Crippen molar-refractivity contribution in [3.63, 3.8) is 0 Å². The standard InChI is InChI=1S/C23H23NO7S/c1-29-20-6-4-7-21(16-20)32(27,28)24-18-9-11-19(12-10-18)30-13-14-31-22-8-3-2-5-17(22)15-23(25)26/h2-12,16,24H,13-15H2,1H3,(H,25,26). The summed E-state index contributed by atoms with van der Waals surface area (Å²) in [5.74, 6) is 0.557. The average molecular weight is 458 g/mol. The highest BCUT2D eigenvalue weighted by Gasteiger charge is 2.15. The smallest absolute Gasteiger partial charge is 0.307 e. The van der Waals surface area contributed by atoms with E-state index in [0.717, 1.165) is 0 Å². The minimum absolute atomic E-state index is 0.0949. The maximum Gasteiger partial charge on any atom is 0.307 e. The van der Waals surface area contributed by atoms with Gasteiger partial charge in [-0.1, -0.05) is 24.3 Å². The third-order valence-electron chi connectivity index (χ3n) is 4.38. The number of benzene rings is 3. The number of rotatable bonds is 11.